The zero-order valence-corrected chi connectivity index (χ0v) is 17.3. The maximum absolute atomic E-state index is 2.66. The van der Waals surface area contributed by atoms with E-state index in [1.807, 2.05) is 0 Å². The molecule has 0 spiro atoms. The molecule has 0 amide bonds. The summed E-state index contributed by atoms with van der Waals surface area (Å²) < 4.78 is 0. The van der Waals surface area contributed by atoms with Crippen molar-refractivity contribution < 1.29 is 0 Å². The van der Waals surface area contributed by atoms with Gasteiger partial charge in [-0.3, -0.25) is 0 Å². The molecule has 24 heavy (non-hydrogen) atoms. The Morgan fingerprint density at radius 1 is 0.667 bits per heavy atom. The number of nitrogens with zero attached hydrogens (tertiary/aromatic N) is 1. The molecule has 0 bridgehead atoms. The monoisotopic (exact) mass is 353 g/mol. The van der Waals surface area contributed by atoms with Crippen LogP contribution in [0.25, 0.3) is 0 Å². The second kappa shape index (κ2) is 17.9. The van der Waals surface area contributed by atoms with Crippen LogP contribution in [0.1, 0.15) is 96.8 Å². The molecule has 0 atom stereocenters. The minimum Gasteiger partial charge on any atom is -0.302 e. The Balaban J connectivity index is 1.71. The third-order valence-corrected chi connectivity index (χ3v) is 6.03. The Kier molecular flexibility index (Phi) is 16.4. The molecule has 2 heteroatoms. The number of thioether (sulfide) groups is 1. The molecular formula is C22H43NS. The average molecular weight is 354 g/mol. The Morgan fingerprint density at radius 3 is 1.75 bits per heavy atom. The van der Waals surface area contributed by atoms with Crippen LogP contribution in [-0.2, 0) is 0 Å². The van der Waals surface area contributed by atoms with E-state index < -0.39 is 0 Å². The zero-order valence-electron chi connectivity index (χ0n) is 16.4. The molecule has 0 aliphatic carbocycles. The number of hydrogen-bond donors (Lipinski definition) is 0. The summed E-state index contributed by atoms with van der Waals surface area (Å²) in [6, 6.07) is 0. The molecule has 1 aliphatic heterocycles. The van der Waals surface area contributed by atoms with E-state index in [1.165, 1.54) is 121 Å². The smallest absolute Gasteiger partial charge is 0.00727 e. The van der Waals surface area contributed by atoms with Crippen LogP contribution in [0.4, 0.5) is 0 Å². The first kappa shape index (κ1) is 22.1. The van der Waals surface area contributed by atoms with E-state index >= 15 is 0 Å². The molecule has 0 aromatic rings. The van der Waals surface area contributed by atoms with E-state index in [0.717, 1.165) is 0 Å². The first-order valence-electron chi connectivity index (χ1n) is 10.9. The predicted molar refractivity (Wildman–Crippen MR) is 113 cm³/mol. The Hall–Kier alpha value is 0.0500. The summed E-state index contributed by atoms with van der Waals surface area (Å²) >= 11 is 2.12. The number of rotatable bonds is 16. The highest BCUT2D eigenvalue weighted by molar-refractivity contribution is 7.99. The van der Waals surface area contributed by atoms with Gasteiger partial charge in [0.05, 0.1) is 0 Å². The van der Waals surface area contributed by atoms with Crippen LogP contribution in [0.5, 0.6) is 0 Å². The van der Waals surface area contributed by atoms with Crippen molar-refractivity contribution >= 4 is 11.8 Å². The first-order chi connectivity index (χ1) is 11.9. The largest absolute Gasteiger partial charge is 0.302 e. The van der Waals surface area contributed by atoms with Crippen LogP contribution in [-0.4, -0.2) is 36.0 Å². The number of unbranched alkanes of at least 4 members (excludes halogenated alkanes) is 12. The van der Waals surface area contributed by atoms with Gasteiger partial charge in [0.15, 0.2) is 0 Å². The van der Waals surface area contributed by atoms with E-state index in [9.17, 15) is 0 Å². The van der Waals surface area contributed by atoms with Crippen molar-refractivity contribution in [2.75, 3.05) is 31.1 Å². The summed E-state index contributed by atoms with van der Waals surface area (Å²) in [6.07, 6.45) is 24.6. The standard InChI is InChI=1S/C22H43NS/c1-2-3-4-5-6-7-8-9-10-11-12-13-14-15-16-17-18-23-19-21-24-22-20-23/h9-10H,2-8,11-22H2,1H3/b10-9-. The lowest BCUT2D eigenvalue weighted by atomic mass is 10.1. The predicted octanol–water partition coefficient (Wildman–Crippen LogP) is 7.07. The third-order valence-electron chi connectivity index (χ3n) is 5.09. The summed E-state index contributed by atoms with van der Waals surface area (Å²) in [4.78, 5) is 2.66. The molecule has 1 saturated heterocycles. The molecule has 0 radical (unpaired) electrons. The van der Waals surface area contributed by atoms with E-state index in [-0.39, 0.29) is 0 Å². The second-order valence-corrected chi connectivity index (χ2v) is 8.62. The quantitative estimate of drug-likeness (QED) is 0.215. The van der Waals surface area contributed by atoms with Gasteiger partial charge in [-0.05, 0) is 38.6 Å². The number of hydrogen-bond acceptors (Lipinski definition) is 2. The highest BCUT2D eigenvalue weighted by atomic mass is 32.2. The van der Waals surface area contributed by atoms with Crippen molar-refractivity contribution in [2.24, 2.45) is 0 Å². The van der Waals surface area contributed by atoms with Crippen LogP contribution in [0.15, 0.2) is 12.2 Å². The van der Waals surface area contributed by atoms with Gasteiger partial charge in [-0.25, -0.2) is 0 Å². The molecule has 1 nitrogen and oxygen atoms in total. The first-order valence-corrected chi connectivity index (χ1v) is 12.0. The summed E-state index contributed by atoms with van der Waals surface area (Å²) in [5.41, 5.74) is 0. The molecule has 1 heterocycles. The maximum Gasteiger partial charge on any atom is 0.00727 e. The van der Waals surface area contributed by atoms with E-state index in [4.69, 9.17) is 0 Å². The van der Waals surface area contributed by atoms with Crippen molar-refractivity contribution in [1.82, 2.24) is 4.90 Å². The van der Waals surface area contributed by atoms with Crippen molar-refractivity contribution in [1.29, 1.82) is 0 Å². The van der Waals surface area contributed by atoms with Gasteiger partial charge in [-0.1, -0.05) is 76.9 Å². The van der Waals surface area contributed by atoms with Crippen LogP contribution in [0.3, 0.4) is 0 Å². The molecule has 0 N–H and O–H groups in total. The number of allylic oxidation sites excluding steroid dienone is 2. The minimum absolute atomic E-state index is 1.31. The normalized spacial score (nSPS) is 16.2. The maximum atomic E-state index is 2.66. The second-order valence-electron chi connectivity index (χ2n) is 7.39. The third kappa shape index (κ3) is 14.4. The summed E-state index contributed by atoms with van der Waals surface area (Å²) in [6.45, 7) is 6.30. The average Bonchev–Trinajstić information content (AvgIpc) is 2.62. The molecular weight excluding hydrogens is 310 g/mol. The lowest BCUT2D eigenvalue weighted by molar-refractivity contribution is 0.294. The Labute approximate surface area is 157 Å². The summed E-state index contributed by atoms with van der Waals surface area (Å²) in [7, 11) is 0. The van der Waals surface area contributed by atoms with Crippen molar-refractivity contribution in [2.45, 2.75) is 96.8 Å². The fraction of sp³-hybridized carbons (Fsp3) is 0.909. The van der Waals surface area contributed by atoms with Gasteiger partial charge in [0.1, 0.15) is 0 Å². The highest BCUT2D eigenvalue weighted by Crippen LogP contribution is 2.12. The van der Waals surface area contributed by atoms with Gasteiger partial charge >= 0.3 is 0 Å². The van der Waals surface area contributed by atoms with Gasteiger partial charge in [0.2, 0.25) is 0 Å². The van der Waals surface area contributed by atoms with E-state index in [0.29, 0.717) is 0 Å². The molecule has 0 saturated carbocycles. The topological polar surface area (TPSA) is 3.24 Å². The summed E-state index contributed by atoms with van der Waals surface area (Å²) in [5, 5.41) is 0. The van der Waals surface area contributed by atoms with Gasteiger partial charge in [-0.2, -0.15) is 11.8 Å². The molecule has 0 aromatic carbocycles. The summed E-state index contributed by atoms with van der Waals surface area (Å²) in [5.74, 6) is 2.71. The fourth-order valence-corrected chi connectivity index (χ4v) is 4.39. The van der Waals surface area contributed by atoms with Crippen molar-refractivity contribution in [3.8, 4) is 0 Å². The van der Waals surface area contributed by atoms with Crippen molar-refractivity contribution in [3.63, 3.8) is 0 Å². The molecule has 1 rings (SSSR count). The molecule has 142 valence electrons. The highest BCUT2D eigenvalue weighted by Gasteiger charge is 2.08. The van der Waals surface area contributed by atoms with Crippen molar-refractivity contribution in [3.05, 3.63) is 12.2 Å². The Bertz CT molecular complexity index is 271. The lowest BCUT2D eigenvalue weighted by Crippen LogP contribution is -2.33. The van der Waals surface area contributed by atoms with Gasteiger partial charge in [0, 0.05) is 24.6 Å². The zero-order chi connectivity index (χ0) is 17.1. The van der Waals surface area contributed by atoms with Crippen LogP contribution in [0, 0.1) is 0 Å². The molecule has 0 aromatic heterocycles. The van der Waals surface area contributed by atoms with Gasteiger partial charge < -0.3 is 4.90 Å². The Morgan fingerprint density at radius 2 is 1.17 bits per heavy atom. The van der Waals surface area contributed by atoms with Gasteiger partial charge in [-0.15, -0.1) is 0 Å². The fourth-order valence-electron chi connectivity index (χ4n) is 3.41. The van der Waals surface area contributed by atoms with E-state index in [2.05, 4.69) is 35.7 Å². The van der Waals surface area contributed by atoms with Gasteiger partial charge in [0.25, 0.3) is 0 Å². The molecule has 1 fully saturated rings. The lowest BCUT2D eigenvalue weighted by Gasteiger charge is -2.25. The van der Waals surface area contributed by atoms with Crippen LogP contribution >= 0.6 is 11.8 Å². The minimum atomic E-state index is 1.31. The van der Waals surface area contributed by atoms with E-state index in [1.54, 1.807) is 0 Å². The SMILES string of the molecule is CCCCCCCC/C=C\CCCCCCCCN1CCSCC1. The van der Waals surface area contributed by atoms with Crippen LogP contribution in [0.2, 0.25) is 0 Å². The molecule has 0 unspecified atom stereocenters. The molecule has 1 aliphatic rings. The van der Waals surface area contributed by atoms with Crippen LogP contribution < -0.4 is 0 Å².